The summed E-state index contributed by atoms with van der Waals surface area (Å²) in [5, 5.41) is 9.47. The Balaban J connectivity index is 1.35. The third-order valence-corrected chi connectivity index (χ3v) is 7.88. The van der Waals surface area contributed by atoms with E-state index in [0.717, 1.165) is 48.9 Å². The Kier molecular flexibility index (Phi) is 6.99. The molecule has 2 fully saturated rings. The van der Waals surface area contributed by atoms with E-state index < -0.39 is 0 Å². The Labute approximate surface area is 208 Å². The predicted molar refractivity (Wildman–Crippen MR) is 133 cm³/mol. The van der Waals surface area contributed by atoms with Gasteiger partial charge in [-0.2, -0.15) is 10.1 Å². The zero-order valence-electron chi connectivity index (χ0n) is 20.3. The van der Waals surface area contributed by atoms with Crippen LogP contribution in [0.25, 0.3) is 16.2 Å². The molecule has 2 amide bonds. The molecule has 0 unspecified atom stereocenters. The third kappa shape index (κ3) is 5.32. The van der Waals surface area contributed by atoms with Crippen molar-refractivity contribution in [2.24, 2.45) is 11.8 Å². The van der Waals surface area contributed by atoms with Gasteiger partial charge in [-0.25, -0.2) is 9.50 Å². The van der Waals surface area contributed by atoms with Crippen LogP contribution in [0.2, 0.25) is 0 Å². The molecule has 3 aromatic heterocycles. The Morgan fingerprint density at radius 2 is 1.94 bits per heavy atom. The lowest BCUT2D eigenvalue weighted by Crippen LogP contribution is -2.47. The highest BCUT2D eigenvalue weighted by molar-refractivity contribution is 7.16. The van der Waals surface area contributed by atoms with Crippen molar-refractivity contribution in [2.75, 3.05) is 19.7 Å². The molecule has 186 valence electrons. The summed E-state index contributed by atoms with van der Waals surface area (Å²) >= 11 is 1.55. The second-order valence-corrected chi connectivity index (χ2v) is 10.4. The second kappa shape index (κ2) is 10.3. The average Bonchev–Trinajstić information content (AvgIpc) is 3.50. The summed E-state index contributed by atoms with van der Waals surface area (Å²) in [6, 6.07) is 1.79. The molecule has 1 saturated carbocycles. The number of hydrogen-bond acceptors (Lipinski definition) is 7. The predicted octanol–water partition coefficient (Wildman–Crippen LogP) is 3.80. The fourth-order valence-electron chi connectivity index (χ4n) is 4.39. The molecule has 1 aliphatic heterocycles. The Hall–Kier alpha value is -3.01. The minimum atomic E-state index is -0.136. The smallest absolute Gasteiger partial charge is 0.272 e. The van der Waals surface area contributed by atoms with Gasteiger partial charge in [-0.05, 0) is 31.6 Å². The highest BCUT2D eigenvalue weighted by Gasteiger charge is 2.32. The fourth-order valence-corrected chi connectivity index (χ4v) is 5.18. The van der Waals surface area contributed by atoms with Gasteiger partial charge < -0.3 is 15.0 Å². The summed E-state index contributed by atoms with van der Waals surface area (Å²) in [6.45, 7) is 6.01. The molecule has 0 aromatic carbocycles. The summed E-state index contributed by atoms with van der Waals surface area (Å²) in [6.07, 6.45) is 9.14. The van der Waals surface area contributed by atoms with Gasteiger partial charge in [0.2, 0.25) is 11.8 Å². The van der Waals surface area contributed by atoms with Gasteiger partial charge in [-0.3, -0.25) is 9.59 Å². The maximum absolute atomic E-state index is 13.5. The molecule has 5 rings (SSSR count). The number of carbonyl (C=O) groups is 2. The average molecular weight is 497 g/mol. The number of amides is 2. The summed E-state index contributed by atoms with van der Waals surface area (Å²) in [7, 11) is 0. The van der Waals surface area contributed by atoms with E-state index in [0.29, 0.717) is 43.0 Å². The molecule has 0 bridgehead atoms. The first-order valence-corrected chi connectivity index (χ1v) is 13.5. The number of likely N-dealkylation sites (tertiary alicyclic amines) is 1. The molecule has 0 radical (unpaired) electrons. The minimum Gasteiger partial charge on any atom is -0.477 e. The van der Waals surface area contributed by atoms with Crippen LogP contribution < -0.4 is 10.1 Å². The number of fused-ring (bicyclic) bond motifs is 1. The minimum absolute atomic E-state index is 0.131. The Bertz CT molecular complexity index is 1190. The summed E-state index contributed by atoms with van der Waals surface area (Å²) < 4.78 is 7.84. The van der Waals surface area contributed by atoms with Crippen molar-refractivity contribution in [1.82, 2.24) is 29.8 Å². The van der Waals surface area contributed by atoms with Crippen LogP contribution in [0.5, 0.6) is 5.88 Å². The SMILES string of the molecule is CCC(CC)COc1cc(C(=O)N2CCC(NC(=O)C3CC3)CC2)nc(-c2cnn3ccsc23)n1. The van der Waals surface area contributed by atoms with E-state index in [1.165, 1.54) is 0 Å². The molecule has 3 aromatic rings. The van der Waals surface area contributed by atoms with E-state index in [9.17, 15) is 9.59 Å². The molecular formula is C25H32N6O3S. The van der Waals surface area contributed by atoms with Crippen LogP contribution in [0.4, 0.5) is 0 Å². The summed E-state index contributed by atoms with van der Waals surface area (Å²) in [4.78, 5) is 37.6. The van der Waals surface area contributed by atoms with Crippen molar-refractivity contribution in [1.29, 1.82) is 0 Å². The first-order chi connectivity index (χ1) is 17.1. The zero-order chi connectivity index (χ0) is 24.4. The van der Waals surface area contributed by atoms with Gasteiger partial charge in [0, 0.05) is 42.7 Å². The lowest BCUT2D eigenvalue weighted by Gasteiger charge is -2.32. The van der Waals surface area contributed by atoms with E-state index in [2.05, 4.69) is 34.2 Å². The van der Waals surface area contributed by atoms with Gasteiger partial charge in [0.1, 0.15) is 10.5 Å². The lowest BCUT2D eigenvalue weighted by molar-refractivity contribution is -0.123. The second-order valence-electron chi connectivity index (χ2n) is 9.47. The van der Waals surface area contributed by atoms with Crippen LogP contribution in [-0.2, 0) is 4.79 Å². The van der Waals surface area contributed by atoms with E-state index in [1.54, 1.807) is 28.1 Å². The molecule has 35 heavy (non-hydrogen) atoms. The maximum Gasteiger partial charge on any atom is 0.272 e. The van der Waals surface area contributed by atoms with E-state index in [4.69, 9.17) is 4.74 Å². The van der Waals surface area contributed by atoms with Crippen molar-refractivity contribution in [3.63, 3.8) is 0 Å². The van der Waals surface area contributed by atoms with Crippen LogP contribution in [0, 0.1) is 11.8 Å². The fraction of sp³-hybridized carbons (Fsp3) is 0.560. The molecule has 2 aliphatic rings. The lowest BCUT2D eigenvalue weighted by atomic mass is 10.0. The molecule has 1 N–H and O–H groups in total. The van der Waals surface area contributed by atoms with E-state index in [1.807, 2.05) is 16.5 Å². The van der Waals surface area contributed by atoms with Gasteiger partial charge in [-0.1, -0.05) is 26.7 Å². The summed E-state index contributed by atoms with van der Waals surface area (Å²) in [5.41, 5.74) is 1.11. The van der Waals surface area contributed by atoms with Crippen LogP contribution >= 0.6 is 11.3 Å². The van der Waals surface area contributed by atoms with Crippen molar-refractivity contribution in [3.8, 4) is 17.3 Å². The van der Waals surface area contributed by atoms with Crippen molar-refractivity contribution < 1.29 is 14.3 Å². The van der Waals surface area contributed by atoms with Crippen molar-refractivity contribution in [2.45, 2.75) is 58.4 Å². The number of ether oxygens (including phenoxy) is 1. The molecule has 1 aliphatic carbocycles. The molecule has 0 spiro atoms. The van der Waals surface area contributed by atoms with Crippen molar-refractivity contribution in [3.05, 3.63) is 29.5 Å². The number of piperidine rings is 1. The molecule has 4 heterocycles. The standard InChI is InChI=1S/C25H32N6O3S/c1-3-16(4-2)15-34-21-13-20(28-22(29-21)19-14-26-31-11-12-35-25(19)31)24(33)30-9-7-18(8-10-30)27-23(32)17-5-6-17/h11-14,16-18H,3-10,15H2,1-2H3,(H,27,32). The number of hydrogen-bond donors (Lipinski definition) is 1. The molecule has 10 heteroatoms. The Morgan fingerprint density at radius 3 is 2.66 bits per heavy atom. The van der Waals surface area contributed by atoms with Gasteiger partial charge in [0.25, 0.3) is 5.91 Å². The van der Waals surface area contributed by atoms with E-state index in [-0.39, 0.29) is 23.8 Å². The Morgan fingerprint density at radius 1 is 1.17 bits per heavy atom. The molecule has 0 atom stereocenters. The molecule has 9 nitrogen and oxygen atoms in total. The number of nitrogens with one attached hydrogen (secondary N) is 1. The van der Waals surface area contributed by atoms with E-state index >= 15 is 0 Å². The maximum atomic E-state index is 13.5. The van der Waals surface area contributed by atoms with Crippen LogP contribution in [0.3, 0.4) is 0 Å². The topological polar surface area (TPSA) is 102 Å². The first kappa shape index (κ1) is 23.7. The van der Waals surface area contributed by atoms with Crippen LogP contribution in [0.15, 0.2) is 23.8 Å². The van der Waals surface area contributed by atoms with Crippen LogP contribution in [-0.4, -0.2) is 62.0 Å². The number of thiazole rings is 1. The normalized spacial score (nSPS) is 16.7. The monoisotopic (exact) mass is 496 g/mol. The van der Waals surface area contributed by atoms with Gasteiger partial charge >= 0.3 is 0 Å². The third-order valence-electron chi connectivity index (χ3n) is 6.99. The first-order valence-electron chi connectivity index (χ1n) is 12.6. The van der Waals surface area contributed by atoms with Gasteiger partial charge in [-0.15, -0.1) is 11.3 Å². The van der Waals surface area contributed by atoms with Gasteiger partial charge in [0.05, 0.1) is 18.4 Å². The zero-order valence-corrected chi connectivity index (χ0v) is 21.1. The largest absolute Gasteiger partial charge is 0.477 e. The number of carbonyl (C=O) groups excluding carboxylic acids is 2. The molecular weight excluding hydrogens is 464 g/mol. The number of nitrogens with zero attached hydrogens (tertiary/aromatic N) is 5. The molecule has 1 saturated heterocycles. The quantitative estimate of drug-likeness (QED) is 0.484. The van der Waals surface area contributed by atoms with Crippen LogP contribution in [0.1, 0.15) is 62.9 Å². The highest BCUT2D eigenvalue weighted by atomic mass is 32.1. The number of rotatable bonds is 9. The number of aromatic nitrogens is 4. The highest BCUT2D eigenvalue weighted by Crippen LogP contribution is 2.30. The van der Waals surface area contributed by atoms with Crippen molar-refractivity contribution >= 4 is 28.0 Å². The summed E-state index contributed by atoms with van der Waals surface area (Å²) in [5.74, 6) is 1.51. The van der Waals surface area contributed by atoms with Gasteiger partial charge in [0.15, 0.2) is 5.82 Å².